The van der Waals surface area contributed by atoms with Crippen molar-refractivity contribution in [2.24, 2.45) is 5.92 Å². The summed E-state index contributed by atoms with van der Waals surface area (Å²) in [5, 5.41) is 29.6. The summed E-state index contributed by atoms with van der Waals surface area (Å²) in [6, 6.07) is 0. The molecule has 2 rings (SSSR count). The molecule has 6 N–H and O–H groups in total. The zero-order valence-corrected chi connectivity index (χ0v) is 21.1. The Kier molecular flexibility index (Phi) is 8.03. The largest absolute Gasteiger partial charge is 0.388 e. The van der Waals surface area contributed by atoms with E-state index in [2.05, 4.69) is 4.98 Å². The van der Waals surface area contributed by atoms with Crippen LogP contribution in [-0.4, -0.2) is 59.0 Å². The number of nitrogen functional groups attached to an aromatic ring is 1. The second-order valence-electron chi connectivity index (χ2n) is 8.27. The Morgan fingerprint density at radius 3 is 2.45 bits per heavy atom. The maximum atomic E-state index is 12.8. The van der Waals surface area contributed by atoms with Gasteiger partial charge in [0.2, 0.25) is 0 Å². The van der Waals surface area contributed by atoms with E-state index in [4.69, 9.17) is 15.0 Å². The molecule has 1 aromatic heterocycles. The second kappa shape index (κ2) is 9.34. The molecule has 3 unspecified atom stereocenters. The average Bonchev–Trinajstić information content (AvgIpc) is 2.98. The van der Waals surface area contributed by atoms with Gasteiger partial charge in [-0.25, -0.2) is 4.79 Å². The normalized spacial score (nSPS) is 30.9. The van der Waals surface area contributed by atoms with Crippen LogP contribution in [-0.2, 0) is 13.8 Å². The first-order valence-electron chi connectivity index (χ1n) is 9.93. The van der Waals surface area contributed by atoms with Gasteiger partial charge in [-0.15, -0.1) is 0 Å². The average molecular weight is 575 g/mol. The molecule has 1 aliphatic heterocycles. The van der Waals surface area contributed by atoms with E-state index in [1.807, 2.05) is 22.6 Å². The van der Waals surface area contributed by atoms with Gasteiger partial charge in [0.15, 0.2) is 11.6 Å². The number of aliphatic hydroxyl groups excluding tert-OH is 2. The van der Waals surface area contributed by atoms with Crippen molar-refractivity contribution in [2.45, 2.75) is 82.9 Å². The smallest absolute Gasteiger partial charge is 0.359 e. The maximum Gasteiger partial charge on any atom is 0.359 e. The third kappa shape index (κ3) is 5.01. The van der Waals surface area contributed by atoms with Crippen molar-refractivity contribution in [1.29, 1.82) is 0 Å². The highest BCUT2D eigenvalue weighted by Crippen LogP contribution is 2.59. The van der Waals surface area contributed by atoms with Crippen LogP contribution in [0.2, 0.25) is 0 Å². The molecule has 2 heterocycles. The number of aliphatic hydroxyl groups is 3. The van der Waals surface area contributed by atoms with Crippen LogP contribution in [0.5, 0.6) is 0 Å². The molecule has 0 radical (unpaired) electrons. The van der Waals surface area contributed by atoms with Crippen LogP contribution in [0.25, 0.3) is 0 Å². The van der Waals surface area contributed by atoms with Gasteiger partial charge >= 0.3 is 13.3 Å². The van der Waals surface area contributed by atoms with E-state index in [0.717, 1.165) is 4.57 Å². The van der Waals surface area contributed by atoms with E-state index in [1.54, 1.807) is 27.7 Å². The van der Waals surface area contributed by atoms with Crippen molar-refractivity contribution in [2.75, 3.05) is 5.73 Å². The summed E-state index contributed by atoms with van der Waals surface area (Å²) in [6.07, 6.45) is -3.56. The van der Waals surface area contributed by atoms with E-state index in [1.165, 1.54) is 13.1 Å². The second-order valence-corrected chi connectivity index (χ2v) is 11.6. The quantitative estimate of drug-likeness (QED) is 0.223. The van der Waals surface area contributed by atoms with Crippen molar-refractivity contribution in [1.82, 2.24) is 9.55 Å². The van der Waals surface area contributed by atoms with Crippen molar-refractivity contribution in [3.63, 3.8) is 0 Å². The molecule has 1 aromatic rings. The molecule has 13 heteroatoms. The van der Waals surface area contributed by atoms with Gasteiger partial charge in [-0.1, -0.05) is 20.8 Å². The molecule has 0 spiro atoms. The standard InChI is InChI=1S/C18H31IN3O8P/c1-6-17(4,30-31(27,28)18(5,26)7-2)9(3)13-11(23)12(24)15(29-13)22-8-10(19)14(20)21-16(22)25/h8-9,11-13,15,23-24,26H,6-7H2,1-5H3,(H,27,28)(H2,20,21,25)/t9?,11-,12+,13+,15+,17?,18+/m0/s1. The number of hydrogen-bond donors (Lipinski definition) is 5. The number of hydrogen-bond acceptors (Lipinski definition) is 9. The molecule has 0 aliphatic carbocycles. The van der Waals surface area contributed by atoms with Crippen LogP contribution in [0.4, 0.5) is 5.82 Å². The highest BCUT2D eigenvalue weighted by molar-refractivity contribution is 14.1. The molecule has 0 saturated carbocycles. The lowest BCUT2D eigenvalue weighted by atomic mass is 9.82. The summed E-state index contributed by atoms with van der Waals surface area (Å²) >= 11 is 1.88. The number of ether oxygens (including phenoxy) is 1. The molecule has 178 valence electrons. The number of halogens is 1. The summed E-state index contributed by atoms with van der Waals surface area (Å²) in [6.45, 7) is 7.72. The van der Waals surface area contributed by atoms with Crippen LogP contribution in [0.15, 0.2) is 11.0 Å². The zero-order chi connectivity index (χ0) is 23.9. The minimum absolute atomic E-state index is 0.00994. The SMILES string of the molecule is CCC(C)(OP(=O)(O)[C@@](C)(O)CC)C(C)[C@H]1O[C@@H](n2cc(I)c(N)nc2=O)[C@H](O)[C@@H]1O. The van der Waals surface area contributed by atoms with Gasteiger partial charge in [0, 0.05) is 12.1 Å². The van der Waals surface area contributed by atoms with Gasteiger partial charge in [0.1, 0.15) is 18.0 Å². The Labute approximate surface area is 194 Å². The Bertz CT molecular complexity index is 912. The zero-order valence-electron chi connectivity index (χ0n) is 18.1. The predicted octanol–water partition coefficient (Wildman–Crippen LogP) is 1.17. The first-order valence-corrected chi connectivity index (χ1v) is 12.6. The summed E-state index contributed by atoms with van der Waals surface area (Å²) in [5.41, 5.74) is 3.58. The van der Waals surface area contributed by atoms with Crippen molar-refractivity contribution < 1.29 is 34.0 Å². The molecule has 0 aromatic carbocycles. The van der Waals surface area contributed by atoms with Gasteiger partial charge in [0.05, 0.1) is 15.3 Å². The molecule has 31 heavy (non-hydrogen) atoms. The monoisotopic (exact) mass is 575 g/mol. The van der Waals surface area contributed by atoms with E-state index < -0.39 is 54.7 Å². The predicted molar refractivity (Wildman–Crippen MR) is 121 cm³/mol. The van der Waals surface area contributed by atoms with Crippen LogP contribution < -0.4 is 11.4 Å². The maximum absolute atomic E-state index is 12.8. The molecule has 11 nitrogen and oxygen atoms in total. The number of nitrogens with two attached hydrogens (primary N) is 1. The van der Waals surface area contributed by atoms with Crippen LogP contribution in [0, 0.1) is 9.49 Å². The minimum Gasteiger partial charge on any atom is -0.388 e. The summed E-state index contributed by atoms with van der Waals surface area (Å²) in [7, 11) is -4.48. The Balaban J connectivity index is 2.36. The highest BCUT2D eigenvalue weighted by atomic mass is 127. The molecule has 0 amide bonds. The van der Waals surface area contributed by atoms with E-state index in [9.17, 15) is 29.6 Å². The first-order chi connectivity index (χ1) is 14.1. The van der Waals surface area contributed by atoms with E-state index in [0.29, 0.717) is 3.57 Å². The Morgan fingerprint density at radius 1 is 1.35 bits per heavy atom. The van der Waals surface area contributed by atoms with Crippen LogP contribution >= 0.6 is 30.2 Å². The van der Waals surface area contributed by atoms with Gasteiger partial charge in [0.25, 0.3) is 0 Å². The van der Waals surface area contributed by atoms with Gasteiger partial charge in [-0.2, -0.15) is 4.98 Å². The lowest BCUT2D eigenvalue weighted by Gasteiger charge is -2.41. The number of nitrogens with zero attached hydrogens (tertiary/aromatic N) is 2. The van der Waals surface area contributed by atoms with Crippen molar-refractivity contribution in [3.8, 4) is 0 Å². The third-order valence-electron chi connectivity index (χ3n) is 6.25. The van der Waals surface area contributed by atoms with Gasteiger partial charge in [-0.3, -0.25) is 13.7 Å². The number of rotatable bonds is 8. The van der Waals surface area contributed by atoms with Crippen LogP contribution in [0.3, 0.4) is 0 Å². The summed E-state index contributed by atoms with van der Waals surface area (Å²) < 4.78 is 25.7. The summed E-state index contributed by atoms with van der Waals surface area (Å²) in [5.74, 6) is -0.676. The lowest BCUT2D eigenvalue weighted by molar-refractivity contribution is -0.107. The van der Waals surface area contributed by atoms with E-state index in [-0.39, 0.29) is 18.7 Å². The fourth-order valence-electron chi connectivity index (χ4n) is 3.37. The first kappa shape index (κ1) is 26.7. The number of anilines is 1. The minimum atomic E-state index is -4.48. The molecule has 1 saturated heterocycles. The summed E-state index contributed by atoms with van der Waals surface area (Å²) in [4.78, 5) is 26.4. The molecule has 0 bridgehead atoms. The third-order valence-corrected chi connectivity index (χ3v) is 9.28. The molecular weight excluding hydrogens is 544 g/mol. The Hall–Kier alpha value is -0.600. The molecule has 1 aliphatic rings. The van der Waals surface area contributed by atoms with Gasteiger partial charge < -0.3 is 30.7 Å². The molecule has 8 atom stereocenters. The molecular formula is C18H31IN3O8P. The van der Waals surface area contributed by atoms with Gasteiger partial charge in [-0.05, 0) is 49.3 Å². The van der Waals surface area contributed by atoms with Crippen LogP contribution in [0.1, 0.15) is 53.7 Å². The Morgan fingerprint density at radius 2 is 1.94 bits per heavy atom. The fourth-order valence-corrected chi connectivity index (χ4v) is 5.24. The topological polar surface area (TPSA) is 177 Å². The number of aromatic nitrogens is 2. The fraction of sp³-hybridized carbons (Fsp3) is 0.778. The van der Waals surface area contributed by atoms with E-state index >= 15 is 0 Å². The lowest BCUT2D eigenvalue weighted by Crippen LogP contribution is -2.47. The van der Waals surface area contributed by atoms with Crippen molar-refractivity contribution in [3.05, 3.63) is 20.3 Å². The van der Waals surface area contributed by atoms with Crippen molar-refractivity contribution >= 4 is 36.0 Å². The highest BCUT2D eigenvalue weighted by Gasteiger charge is 2.54. The molecule has 1 fully saturated rings.